The van der Waals surface area contributed by atoms with Crippen molar-refractivity contribution in [3.63, 3.8) is 0 Å². The number of esters is 1. The molecule has 5 heterocycles. The van der Waals surface area contributed by atoms with Crippen LogP contribution in [-0.2, 0) is 33.5 Å². The number of rotatable bonds is 12. The van der Waals surface area contributed by atoms with Crippen molar-refractivity contribution in [2.75, 3.05) is 30.9 Å². The molecule has 5 aliphatic rings. The Labute approximate surface area is 286 Å². The zero-order chi connectivity index (χ0) is 34.1. The predicted octanol–water partition coefficient (Wildman–Crippen LogP) is 5.99. The highest BCUT2D eigenvalue weighted by atomic mass is 32.2. The maximum absolute atomic E-state index is 12.7. The summed E-state index contributed by atoms with van der Waals surface area (Å²) in [6.07, 6.45) is 3.36. The number of thioether (sulfide) groups is 1. The molecule has 1 saturated carbocycles. The predicted molar refractivity (Wildman–Crippen MR) is 176 cm³/mol. The minimum absolute atomic E-state index is 0.0715. The van der Waals surface area contributed by atoms with Crippen LogP contribution in [0.15, 0.2) is 29.4 Å². The fourth-order valence-electron chi connectivity index (χ4n) is 7.69. The Balaban J connectivity index is 1.05. The van der Waals surface area contributed by atoms with E-state index in [9.17, 15) is 9.59 Å². The second kappa shape index (κ2) is 14.6. The molecule has 1 aromatic heterocycles. The molecule has 1 spiro atoms. The van der Waals surface area contributed by atoms with Gasteiger partial charge in [-0.3, -0.25) is 4.79 Å². The van der Waals surface area contributed by atoms with Gasteiger partial charge < -0.3 is 29.0 Å². The Kier molecular flexibility index (Phi) is 10.6. The largest absolute Gasteiger partial charge is 0.493 e. The lowest BCUT2D eigenvalue weighted by Crippen LogP contribution is -2.70. The number of carbonyl (C=O) groups is 2. The summed E-state index contributed by atoms with van der Waals surface area (Å²) >= 11 is 1.26. The molecular formula is C35H47N3O9S. The molecule has 262 valence electrons. The summed E-state index contributed by atoms with van der Waals surface area (Å²) in [5.41, 5.74) is 1.83. The van der Waals surface area contributed by atoms with Crippen LogP contribution in [0.4, 0.5) is 5.69 Å². The molecule has 4 saturated heterocycles. The van der Waals surface area contributed by atoms with Gasteiger partial charge in [-0.25, -0.2) is 24.5 Å². The lowest BCUT2D eigenvalue weighted by Gasteiger charge is -2.60. The van der Waals surface area contributed by atoms with E-state index in [-0.39, 0.29) is 42.3 Å². The monoisotopic (exact) mass is 685 g/mol. The SMILES string of the molecule is CCOC(=O)c1ccc(NC(=O)CSc2nc(C)cc(C)n2)cc1OCCCO[C@H]1O[C@@H]2O[C@@]3(C)CCC4[C@H](C)CC[C@@H]([C@H]1C)[C@]42OO3. The average Bonchev–Trinajstić information content (AvgIpc) is 3.27. The summed E-state index contributed by atoms with van der Waals surface area (Å²) in [5.74, 6) is -0.0913. The van der Waals surface area contributed by atoms with Crippen LogP contribution in [0.1, 0.15) is 81.5 Å². The molecular weight excluding hydrogens is 638 g/mol. The molecule has 1 amide bonds. The molecule has 48 heavy (non-hydrogen) atoms. The quantitative estimate of drug-likeness (QED) is 0.0923. The van der Waals surface area contributed by atoms with E-state index in [1.165, 1.54) is 11.8 Å². The number of anilines is 1. The fraction of sp³-hybridized carbons (Fsp3) is 0.657. The second-order valence-corrected chi connectivity index (χ2v) is 14.5. The number of nitrogens with zero attached hydrogens (tertiary/aromatic N) is 2. The lowest BCUT2D eigenvalue weighted by molar-refractivity contribution is -0.577. The Morgan fingerprint density at radius 3 is 2.60 bits per heavy atom. The summed E-state index contributed by atoms with van der Waals surface area (Å²) in [6, 6.07) is 6.77. The van der Waals surface area contributed by atoms with Gasteiger partial charge in [0.2, 0.25) is 11.7 Å². The van der Waals surface area contributed by atoms with Crippen molar-refractivity contribution in [3.05, 3.63) is 41.2 Å². The summed E-state index contributed by atoms with van der Waals surface area (Å²) in [7, 11) is 0. The fourth-order valence-corrected chi connectivity index (χ4v) is 8.43. The summed E-state index contributed by atoms with van der Waals surface area (Å²) in [4.78, 5) is 46.3. The van der Waals surface area contributed by atoms with Crippen LogP contribution in [0.2, 0.25) is 0 Å². The van der Waals surface area contributed by atoms with Crippen molar-refractivity contribution in [2.24, 2.45) is 23.7 Å². The molecule has 1 aromatic carbocycles. The maximum Gasteiger partial charge on any atom is 0.341 e. The van der Waals surface area contributed by atoms with Crippen LogP contribution in [-0.4, -0.2) is 71.4 Å². The number of fused-ring (bicyclic) bond motifs is 2. The third kappa shape index (κ3) is 7.22. The smallest absolute Gasteiger partial charge is 0.341 e. The lowest BCUT2D eigenvalue weighted by atomic mass is 9.58. The molecule has 8 atom stereocenters. The number of aryl methyl sites for hydroxylation is 2. The van der Waals surface area contributed by atoms with Crippen molar-refractivity contribution in [2.45, 2.75) is 103 Å². The molecule has 1 unspecified atom stereocenters. The normalized spacial score (nSPS) is 32.2. The molecule has 13 heteroatoms. The topological polar surface area (TPSA) is 137 Å². The van der Waals surface area contributed by atoms with Crippen LogP contribution in [0, 0.1) is 37.5 Å². The van der Waals surface area contributed by atoms with Crippen LogP contribution in [0.3, 0.4) is 0 Å². The molecule has 5 fully saturated rings. The van der Waals surface area contributed by atoms with Crippen molar-refractivity contribution >= 4 is 29.3 Å². The van der Waals surface area contributed by atoms with E-state index in [1.807, 2.05) is 26.8 Å². The van der Waals surface area contributed by atoms with E-state index in [1.54, 1.807) is 25.1 Å². The van der Waals surface area contributed by atoms with E-state index >= 15 is 0 Å². The van der Waals surface area contributed by atoms with Crippen LogP contribution in [0.5, 0.6) is 5.75 Å². The summed E-state index contributed by atoms with van der Waals surface area (Å²) in [5, 5.41) is 3.41. The Morgan fingerprint density at radius 2 is 1.83 bits per heavy atom. The van der Waals surface area contributed by atoms with Gasteiger partial charge in [0.25, 0.3) is 0 Å². The highest BCUT2D eigenvalue weighted by molar-refractivity contribution is 7.99. The first kappa shape index (κ1) is 35.0. The molecule has 0 radical (unpaired) electrons. The molecule has 1 N–H and O–H groups in total. The van der Waals surface area contributed by atoms with Gasteiger partial charge in [0.15, 0.2) is 23.3 Å². The van der Waals surface area contributed by atoms with Crippen LogP contribution in [0.25, 0.3) is 0 Å². The van der Waals surface area contributed by atoms with Crippen LogP contribution >= 0.6 is 11.8 Å². The van der Waals surface area contributed by atoms with Gasteiger partial charge in [-0.15, -0.1) is 0 Å². The van der Waals surface area contributed by atoms with Gasteiger partial charge in [-0.2, -0.15) is 0 Å². The highest BCUT2D eigenvalue weighted by Gasteiger charge is 2.69. The van der Waals surface area contributed by atoms with Crippen molar-refractivity contribution < 1.29 is 43.0 Å². The second-order valence-electron chi connectivity index (χ2n) is 13.5. The Morgan fingerprint density at radius 1 is 1.04 bits per heavy atom. The van der Waals surface area contributed by atoms with E-state index in [0.717, 1.165) is 37.1 Å². The van der Waals surface area contributed by atoms with Gasteiger partial charge in [-0.1, -0.05) is 25.6 Å². The van der Waals surface area contributed by atoms with Gasteiger partial charge in [0, 0.05) is 47.8 Å². The van der Waals surface area contributed by atoms with Gasteiger partial charge in [0.05, 0.1) is 25.6 Å². The number of benzene rings is 1. The van der Waals surface area contributed by atoms with Crippen molar-refractivity contribution in [1.82, 2.24) is 9.97 Å². The number of hydrogen-bond donors (Lipinski definition) is 1. The molecule has 12 nitrogen and oxygen atoms in total. The van der Waals surface area contributed by atoms with Crippen LogP contribution < -0.4 is 10.1 Å². The molecule has 7 rings (SSSR count). The Hall–Kier alpha value is -2.81. The van der Waals surface area contributed by atoms with E-state index < -0.39 is 29.9 Å². The number of ether oxygens (including phenoxy) is 5. The van der Waals surface area contributed by atoms with Gasteiger partial charge in [-0.05, 0) is 77.0 Å². The molecule has 1 aliphatic carbocycles. The molecule has 2 bridgehead atoms. The van der Waals surface area contributed by atoms with Crippen molar-refractivity contribution in [3.8, 4) is 5.75 Å². The minimum atomic E-state index is -0.839. The Bertz CT molecular complexity index is 1470. The van der Waals surface area contributed by atoms with E-state index in [2.05, 4.69) is 29.1 Å². The average molecular weight is 686 g/mol. The standard InChI is InChI=1S/C35H47N3O9S/c1-7-41-30(40)25-11-10-24(38-29(39)19-48-33-36-21(3)17-22(4)37-33)18-28(25)42-15-8-16-43-31-23(5)27-12-9-20(2)26-13-14-34(6)45-32(44-31)35(26,27)47-46-34/h10-11,17-18,20,23,26-27,31-32H,7-9,12-16,19H2,1-6H3,(H,38,39)/t20-,23-,26?,27+,31+,32-,34-,35-/m1/s1. The number of carbonyl (C=O) groups excluding carboxylic acids is 2. The van der Waals surface area contributed by atoms with E-state index in [0.29, 0.717) is 41.5 Å². The number of nitrogens with one attached hydrogen (secondary N) is 1. The summed E-state index contributed by atoms with van der Waals surface area (Å²) < 4.78 is 30.6. The molecule has 4 aliphatic heterocycles. The van der Waals surface area contributed by atoms with Gasteiger partial charge >= 0.3 is 5.97 Å². The van der Waals surface area contributed by atoms with Gasteiger partial charge in [0.1, 0.15) is 11.3 Å². The first-order chi connectivity index (χ1) is 23.0. The summed E-state index contributed by atoms with van der Waals surface area (Å²) in [6.45, 7) is 12.8. The zero-order valence-electron chi connectivity index (χ0n) is 28.6. The highest BCUT2D eigenvalue weighted by Crippen LogP contribution is 2.60. The first-order valence-corrected chi connectivity index (χ1v) is 18.0. The number of aromatic nitrogens is 2. The first-order valence-electron chi connectivity index (χ1n) is 17.0. The number of amides is 1. The third-order valence-corrected chi connectivity index (χ3v) is 10.8. The minimum Gasteiger partial charge on any atom is -0.493 e. The number of hydrogen-bond acceptors (Lipinski definition) is 12. The van der Waals surface area contributed by atoms with Crippen molar-refractivity contribution in [1.29, 1.82) is 0 Å². The maximum atomic E-state index is 12.7. The third-order valence-electron chi connectivity index (χ3n) is 9.98. The zero-order valence-corrected chi connectivity index (χ0v) is 29.4. The van der Waals surface area contributed by atoms with E-state index in [4.69, 9.17) is 33.5 Å². The molecule has 2 aromatic rings.